The molecular weight excluding hydrogens is 474 g/mol. The predicted octanol–water partition coefficient (Wildman–Crippen LogP) is 9.54. The lowest BCUT2D eigenvalue weighted by atomic mass is 10.0. The van der Waals surface area contributed by atoms with Crippen LogP contribution in [0.5, 0.6) is 0 Å². The zero-order chi connectivity index (χ0) is 27.1. The first kappa shape index (κ1) is 33.0. The molecule has 1 rings (SSSR count). The van der Waals surface area contributed by atoms with E-state index >= 15 is 0 Å². The van der Waals surface area contributed by atoms with E-state index in [0.29, 0.717) is 6.61 Å². The quantitative estimate of drug-likeness (QED) is 0.106. The lowest BCUT2D eigenvalue weighted by molar-refractivity contribution is -0.149. The molecule has 1 aromatic rings. The van der Waals surface area contributed by atoms with Gasteiger partial charge in [-0.2, -0.15) is 0 Å². The van der Waals surface area contributed by atoms with Crippen LogP contribution in [0.2, 0.25) is 0 Å². The summed E-state index contributed by atoms with van der Waals surface area (Å²) in [6.45, 7) is 4.09. The molecule has 1 atom stereocenters. The maximum absolute atomic E-state index is 13.8. The van der Waals surface area contributed by atoms with Crippen LogP contribution < -0.4 is 0 Å². The standard InChI is InChI=1S/C31H50F2O4/c1-3-4-5-6-7-8-9-10-11-12-13-14-15-16-17-18-25-36-29(34)23-20-24-30(35)37-26(2)31-27(32)21-19-22-28(31)33/h19,21-22,26H,3-18,20,23-25H2,1-2H3. The summed E-state index contributed by atoms with van der Waals surface area (Å²) in [5.74, 6) is -2.43. The lowest BCUT2D eigenvalue weighted by Gasteiger charge is -2.15. The van der Waals surface area contributed by atoms with Crippen LogP contribution in [0.3, 0.4) is 0 Å². The predicted molar refractivity (Wildman–Crippen MR) is 145 cm³/mol. The molecule has 0 N–H and O–H groups in total. The van der Waals surface area contributed by atoms with Crippen molar-refractivity contribution in [3.63, 3.8) is 0 Å². The van der Waals surface area contributed by atoms with Crippen molar-refractivity contribution in [3.05, 3.63) is 35.4 Å². The van der Waals surface area contributed by atoms with E-state index in [4.69, 9.17) is 9.47 Å². The highest BCUT2D eigenvalue weighted by Crippen LogP contribution is 2.24. The number of unbranched alkanes of at least 4 members (excludes halogenated alkanes) is 15. The van der Waals surface area contributed by atoms with Gasteiger partial charge in [-0.1, -0.05) is 109 Å². The average Bonchev–Trinajstić information content (AvgIpc) is 2.85. The molecule has 37 heavy (non-hydrogen) atoms. The highest BCUT2D eigenvalue weighted by molar-refractivity contribution is 5.72. The van der Waals surface area contributed by atoms with Gasteiger partial charge in [-0.3, -0.25) is 9.59 Å². The maximum atomic E-state index is 13.8. The fraction of sp³-hybridized carbons (Fsp3) is 0.742. The third-order valence-corrected chi connectivity index (χ3v) is 6.74. The molecule has 1 aromatic carbocycles. The lowest BCUT2D eigenvalue weighted by Crippen LogP contribution is -2.12. The van der Waals surface area contributed by atoms with E-state index < -0.39 is 23.7 Å². The summed E-state index contributed by atoms with van der Waals surface area (Å²) in [5.41, 5.74) is -0.269. The zero-order valence-corrected chi connectivity index (χ0v) is 23.3. The van der Waals surface area contributed by atoms with Crippen molar-refractivity contribution < 1.29 is 27.8 Å². The minimum Gasteiger partial charge on any atom is -0.466 e. The molecule has 6 heteroatoms. The number of hydrogen-bond donors (Lipinski definition) is 0. The Morgan fingerprint density at radius 2 is 1.11 bits per heavy atom. The van der Waals surface area contributed by atoms with Gasteiger partial charge in [0, 0.05) is 12.8 Å². The van der Waals surface area contributed by atoms with E-state index in [9.17, 15) is 18.4 Å². The average molecular weight is 525 g/mol. The molecular formula is C31H50F2O4. The highest BCUT2D eigenvalue weighted by Gasteiger charge is 2.19. The third-order valence-electron chi connectivity index (χ3n) is 6.74. The minimum atomic E-state index is -1.03. The van der Waals surface area contributed by atoms with Gasteiger partial charge in [-0.25, -0.2) is 8.78 Å². The van der Waals surface area contributed by atoms with E-state index in [-0.39, 0.29) is 30.8 Å². The topological polar surface area (TPSA) is 52.6 Å². The molecule has 0 heterocycles. The normalized spacial score (nSPS) is 11.9. The number of carbonyl (C=O) groups is 2. The van der Waals surface area contributed by atoms with Gasteiger partial charge in [-0.05, 0) is 31.9 Å². The van der Waals surface area contributed by atoms with E-state index in [0.717, 1.165) is 25.0 Å². The Hall–Kier alpha value is -1.98. The van der Waals surface area contributed by atoms with Gasteiger partial charge < -0.3 is 9.47 Å². The van der Waals surface area contributed by atoms with Crippen molar-refractivity contribution in [3.8, 4) is 0 Å². The number of esters is 2. The molecule has 0 aliphatic heterocycles. The van der Waals surface area contributed by atoms with Crippen LogP contribution in [0.15, 0.2) is 18.2 Å². The second-order valence-corrected chi connectivity index (χ2v) is 10.1. The van der Waals surface area contributed by atoms with Crippen LogP contribution in [0.1, 0.15) is 148 Å². The molecule has 0 fully saturated rings. The summed E-state index contributed by atoms with van der Waals surface area (Å²) in [6.07, 6.45) is 20.1. The van der Waals surface area contributed by atoms with Crippen LogP contribution in [-0.2, 0) is 19.1 Å². The Morgan fingerprint density at radius 1 is 0.676 bits per heavy atom. The second kappa shape index (κ2) is 22.0. The van der Waals surface area contributed by atoms with Crippen LogP contribution in [0, 0.1) is 11.6 Å². The fourth-order valence-corrected chi connectivity index (χ4v) is 4.50. The van der Waals surface area contributed by atoms with Crippen molar-refractivity contribution in [2.24, 2.45) is 0 Å². The Balaban J connectivity index is 1.90. The number of ether oxygens (including phenoxy) is 2. The number of benzene rings is 1. The zero-order valence-electron chi connectivity index (χ0n) is 23.3. The molecule has 0 spiro atoms. The van der Waals surface area contributed by atoms with Crippen LogP contribution in [-0.4, -0.2) is 18.5 Å². The molecule has 4 nitrogen and oxygen atoms in total. The molecule has 0 saturated heterocycles. The van der Waals surface area contributed by atoms with Gasteiger partial charge in [0.15, 0.2) is 0 Å². The van der Waals surface area contributed by atoms with E-state index in [2.05, 4.69) is 6.92 Å². The summed E-state index contributed by atoms with van der Waals surface area (Å²) >= 11 is 0. The van der Waals surface area contributed by atoms with Crippen molar-refractivity contribution >= 4 is 11.9 Å². The molecule has 0 aliphatic carbocycles. The molecule has 0 radical (unpaired) electrons. The SMILES string of the molecule is CCCCCCCCCCCCCCCCCCOC(=O)CCCC(=O)OC(C)c1c(F)cccc1F. The first-order chi connectivity index (χ1) is 18.0. The minimum absolute atomic E-state index is 0.00540. The molecule has 0 aliphatic rings. The molecule has 212 valence electrons. The smallest absolute Gasteiger partial charge is 0.306 e. The van der Waals surface area contributed by atoms with Crippen molar-refractivity contribution in [2.45, 2.75) is 142 Å². The maximum Gasteiger partial charge on any atom is 0.306 e. The van der Waals surface area contributed by atoms with Crippen molar-refractivity contribution in [1.29, 1.82) is 0 Å². The largest absolute Gasteiger partial charge is 0.466 e. The van der Waals surface area contributed by atoms with E-state index in [1.165, 1.54) is 103 Å². The van der Waals surface area contributed by atoms with Crippen LogP contribution >= 0.6 is 0 Å². The van der Waals surface area contributed by atoms with Crippen LogP contribution in [0.4, 0.5) is 8.78 Å². The molecule has 0 saturated carbocycles. The molecule has 0 bridgehead atoms. The second-order valence-electron chi connectivity index (χ2n) is 10.1. The summed E-state index contributed by atoms with van der Waals surface area (Å²) in [5, 5.41) is 0. The van der Waals surface area contributed by atoms with Crippen LogP contribution in [0.25, 0.3) is 0 Å². The fourth-order valence-electron chi connectivity index (χ4n) is 4.50. The molecule has 0 aromatic heterocycles. The molecule has 1 unspecified atom stereocenters. The van der Waals surface area contributed by atoms with E-state index in [1.807, 2.05) is 0 Å². The van der Waals surface area contributed by atoms with Gasteiger partial charge in [0.05, 0.1) is 12.2 Å². The monoisotopic (exact) mass is 524 g/mol. The third kappa shape index (κ3) is 17.2. The first-order valence-corrected chi connectivity index (χ1v) is 14.7. The number of carbonyl (C=O) groups excluding carboxylic acids is 2. The van der Waals surface area contributed by atoms with Crippen molar-refractivity contribution in [2.75, 3.05) is 6.61 Å². The highest BCUT2D eigenvalue weighted by atomic mass is 19.1. The van der Waals surface area contributed by atoms with E-state index in [1.54, 1.807) is 0 Å². The number of halogens is 2. The first-order valence-electron chi connectivity index (χ1n) is 14.7. The summed E-state index contributed by atoms with van der Waals surface area (Å²) in [4.78, 5) is 23.8. The Bertz CT molecular complexity index is 718. The number of rotatable bonds is 23. The Kier molecular flexibility index (Phi) is 19.7. The Labute approximate surface area is 223 Å². The van der Waals surface area contributed by atoms with Gasteiger partial charge in [0.25, 0.3) is 0 Å². The molecule has 0 amide bonds. The Morgan fingerprint density at radius 3 is 1.59 bits per heavy atom. The summed E-state index contributed by atoms with van der Waals surface area (Å²) in [6, 6.07) is 3.50. The number of hydrogen-bond acceptors (Lipinski definition) is 4. The van der Waals surface area contributed by atoms with Gasteiger partial charge in [0.2, 0.25) is 0 Å². The van der Waals surface area contributed by atoms with Crippen molar-refractivity contribution in [1.82, 2.24) is 0 Å². The summed E-state index contributed by atoms with van der Waals surface area (Å²) < 4.78 is 37.9. The van der Waals surface area contributed by atoms with Gasteiger partial charge >= 0.3 is 11.9 Å². The van der Waals surface area contributed by atoms with Gasteiger partial charge in [0.1, 0.15) is 17.7 Å². The summed E-state index contributed by atoms with van der Waals surface area (Å²) in [7, 11) is 0. The van der Waals surface area contributed by atoms with Gasteiger partial charge in [-0.15, -0.1) is 0 Å².